The van der Waals surface area contributed by atoms with Crippen LogP contribution >= 0.6 is 11.6 Å². The topological polar surface area (TPSA) is 45.6 Å². The van der Waals surface area contributed by atoms with E-state index < -0.39 is 0 Å². The number of carbonyl (C=O) groups excluding carboxylic acids is 2. The standard InChI is InChI=1S/C32H34ClN3O2/c1-25(2)20-36(32(38)28-15-17-29(33)18-16-28)24-31(37)35(22-27-12-7-4-8-13-27)23-30-14-9-19-34(30)21-26-10-5-3-6-11-26/h3-19,25H,20-24H2,1-2H3. The van der Waals surface area contributed by atoms with E-state index >= 15 is 0 Å². The third-order valence-corrected chi connectivity index (χ3v) is 6.58. The van der Waals surface area contributed by atoms with Gasteiger partial charge in [0, 0.05) is 42.1 Å². The van der Waals surface area contributed by atoms with E-state index in [1.807, 2.05) is 79.5 Å². The van der Waals surface area contributed by atoms with Crippen LogP contribution in [0.2, 0.25) is 5.02 Å². The van der Waals surface area contributed by atoms with E-state index in [1.54, 1.807) is 29.2 Å². The monoisotopic (exact) mass is 527 g/mol. The zero-order chi connectivity index (χ0) is 26.9. The lowest BCUT2D eigenvalue weighted by atomic mass is 10.1. The number of amides is 2. The highest BCUT2D eigenvalue weighted by Gasteiger charge is 2.24. The van der Waals surface area contributed by atoms with Crippen molar-refractivity contribution in [2.45, 2.75) is 33.5 Å². The van der Waals surface area contributed by atoms with E-state index in [1.165, 1.54) is 5.56 Å². The van der Waals surface area contributed by atoms with E-state index in [0.717, 1.165) is 17.8 Å². The van der Waals surface area contributed by atoms with Crippen LogP contribution in [0.4, 0.5) is 0 Å². The molecule has 1 heterocycles. The van der Waals surface area contributed by atoms with Crippen molar-refractivity contribution in [2.75, 3.05) is 13.1 Å². The number of benzene rings is 3. The van der Waals surface area contributed by atoms with Gasteiger partial charge >= 0.3 is 0 Å². The Kier molecular flexibility index (Phi) is 9.39. The van der Waals surface area contributed by atoms with Gasteiger partial charge in [-0.3, -0.25) is 9.59 Å². The van der Waals surface area contributed by atoms with Gasteiger partial charge < -0.3 is 14.4 Å². The molecule has 38 heavy (non-hydrogen) atoms. The maximum Gasteiger partial charge on any atom is 0.254 e. The SMILES string of the molecule is CC(C)CN(CC(=O)N(Cc1ccccc1)Cc1cccn1Cc1ccccc1)C(=O)c1ccc(Cl)cc1. The fourth-order valence-corrected chi connectivity index (χ4v) is 4.58. The zero-order valence-corrected chi connectivity index (χ0v) is 22.7. The molecule has 196 valence electrons. The predicted molar refractivity (Wildman–Crippen MR) is 153 cm³/mol. The van der Waals surface area contributed by atoms with Crippen molar-refractivity contribution in [1.82, 2.24) is 14.4 Å². The van der Waals surface area contributed by atoms with Crippen molar-refractivity contribution in [1.29, 1.82) is 0 Å². The van der Waals surface area contributed by atoms with Crippen LogP contribution < -0.4 is 0 Å². The molecule has 3 aromatic carbocycles. The molecule has 1 aromatic heterocycles. The Hall–Kier alpha value is -3.83. The van der Waals surface area contributed by atoms with Crippen molar-refractivity contribution in [2.24, 2.45) is 5.92 Å². The van der Waals surface area contributed by atoms with Crippen molar-refractivity contribution < 1.29 is 9.59 Å². The van der Waals surface area contributed by atoms with Crippen LogP contribution in [0.3, 0.4) is 0 Å². The lowest BCUT2D eigenvalue weighted by Crippen LogP contribution is -2.44. The predicted octanol–water partition coefficient (Wildman–Crippen LogP) is 6.52. The van der Waals surface area contributed by atoms with Crippen molar-refractivity contribution in [3.63, 3.8) is 0 Å². The summed E-state index contributed by atoms with van der Waals surface area (Å²) in [6.45, 7) is 6.21. The fourth-order valence-electron chi connectivity index (χ4n) is 4.46. The second-order valence-electron chi connectivity index (χ2n) is 9.93. The Balaban J connectivity index is 1.56. The van der Waals surface area contributed by atoms with Crippen molar-refractivity contribution >= 4 is 23.4 Å². The minimum atomic E-state index is -0.171. The first-order chi connectivity index (χ1) is 18.4. The molecule has 0 aliphatic heterocycles. The van der Waals surface area contributed by atoms with Gasteiger partial charge in [-0.1, -0.05) is 86.1 Å². The molecule has 2 amide bonds. The van der Waals surface area contributed by atoms with Crippen LogP contribution in [-0.2, 0) is 24.4 Å². The Labute approximate surface area is 230 Å². The molecule has 0 unspecified atom stereocenters. The average molecular weight is 528 g/mol. The molecule has 0 fully saturated rings. The highest BCUT2D eigenvalue weighted by molar-refractivity contribution is 6.30. The van der Waals surface area contributed by atoms with Gasteiger partial charge in [0.25, 0.3) is 5.91 Å². The highest BCUT2D eigenvalue weighted by Crippen LogP contribution is 2.16. The second-order valence-corrected chi connectivity index (χ2v) is 10.4. The van der Waals surface area contributed by atoms with Gasteiger partial charge in [-0.2, -0.15) is 0 Å². The number of aromatic nitrogens is 1. The number of nitrogens with zero attached hydrogens (tertiary/aromatic N) is 3. The summed E-state index contributed by atoms with van der Waals surface area (Å²) in [7, 11) is 0. The number of hydrogen-bond acceptors (Lipinski definition) is 2. The molecule has 5 nitrogen and oxygen atoms in total. The molecule has 6 heteroatoms. The van der Waals surface area contributed by atoms with Crippen molar-refractivity contribution in [3.05, 3.63) is 131 Å². The maximum absolute atomic E-state index is 13.8. The van der Waals surface area contributed by atoms with Gasteiger partial charge in [-0.05, 0) is 53.4 Å². The second kappa shape index (κ2) is 13.1. The van der Waals surface area contributed by atoms with E-state index in [-0.39, 0.29) is 24.3 Å². The molecule has 0 spiro atoms. The largest absolute Gasteiger partial charge is 0.345 e. The third kappa shape index (κ3) is 7.59. The lowest BCUT2D eigenvalue weighted by molar-refractivity contribution is -0.133. The van der Waals surface area contributed by atoms with Crippen molar-refractivity contribution in [3.8, 4) is 0 Å². The van der Waals surface area contributed by atoms with Crippen LogP contribution in [0, 0.1) is 5.92 Å². The van der Waals surface area contributed by atoms with Crippen LogP contribution in [0.15, 0.2) is 103 Å². The van der Waals surface area contributed by atoms with Crippen LogP contribution in [0.25, 0.3) is 0 Å². The molecule has 0 radical (unpaired) electrons. The Morgan fingerprint density at radius 1 is 0.763 bits per heavy atom. The van der Waals surface area contributed by atoms with Gasteiger partial charge in [0.05, 0.1) is 6.54 Å². The molecule has 0 saturated heterocycles. The summed E-state index contributed by atoms with van der Waals surface area (Å²) >= 11 is 6.03. The Morgan fingerprint density at radius 3 is 2.03 bits per heavy atom. The van der Waals surface area contributed by atoms with Crippen LogP contribution in [-0.4, -0.2) is 39.3 Å². The van der Waals surface area contributed by atoms with Crippen LogP contribution in [0.1, 0.15) is 41.0 Å². The molecule has 4 aromatic rings. The number of halogens is 1. The number of rotatable bonds is 11. The van der Waals surface area contributed by atoms with E-state index in [2.05, 4.69) is 22.8 Å². The molecule has 0 atom stereocenters. The van der Waals surface area contributed by atoms with Crippen LogP contribution in [0.5, 0.6) is 0 Å². The van der Waals surface area contributed by atoms with E-state index in [0.29, 0.717) is 30.2 Å². The molecule has 0 aliphatic carbocycles. The first-order valence-corrected chi connectivity index (χ1v) is 13.3. The smallest absolute Gasteiger partial charge is 0.254 e. The van der Waals surface area contributed by atoms with E-state index in [9.17, 15) is 9.59 Å². The number of carbonyl (C=O) groups is 2. The summed E-state index contributed by atoms with van der Waals surface area (Å²) in [5, 5.41) is 0.570. The Bertz CT molecular complexity index is 1320. The first-order valence-electron chi connectivity index (χ1n) is 12.9. The van der Waals surface area contributed by atoms with Gasteiger partial charge in [0.15, 0.2) is 0 Å². The summed E-state index contributed by atoms with van der Waals surface area (Å²) in [6.07, 6.45) is 2.04. The van der Waals surface area contributed by atoms with Gasteiger partial charge in [-0.15, -0.1) is 0 Å². The number of hydrogen-bond donors (Lipinski definition) is 0. The maximum atomic E-state index is 13.8. The molecular formula is C32H34ClN3O2. The molecule has 0 saturated carbocycles. The van der Waals surface area contributed by atoms with Gasteiger partial charge in [0.2, 0.25) is 5.91 Å². The molecule has 4 rings (SSSR count). The Morgan fingerprint density at radius 2 is 1.39 bits per heavy atom. The summed E-state index contributed by atoms with van der Waals surface area (Å²) in [5.41, 5.74) is 3.80. The average Bonchev–Trinajstić information content (AvgIpc) is 3.35. The summed E-state index contributed by atoms with van der Waals surface area (Å²) in [5.74, 6) is -0.0511. The summed E-state index contributed by atoms with van der Waals surface area (Å²) in [4.78, 5) is 30.7. The zero-order valence-electron chi connectivity index (χ0n) is 22.0. The quantitative estimate of drug-likeness (QED) is 0.223. The molecule has 0 bridgehead atoms. The molecule has 0 aliphatic rings. The molecule has 0 N–H and O–H groups in total. The first kappa shape index (κ1) is 27.2. The normalized spacial score (nSPS) is 10.9. The molecular weight excluding hydrogens is 494 g/mol. The van der Waals surface area contributed by atoms with Gasteiger partial charge in [-0.25, -0.2) is 0 Å². The van der Waals surface area contributed by atoms with Gasteiger partial charge in [0.1, 0.15) is 6.54 Å². The minimum Gasteiger partial charge on any atom is -0.345 e. The lowest BCUT2D eigenvalue weighted by Gasteiger charge is -2.29. The van der Waals surface area contributed by atoms with E-state index in [4.69, 9.17) is 11.6 Å². The summed E-state index contributed by atoms with van der Waals surface area (Å²) < 4.78 is 2.17. The minimum absolute atomic E-state index is 0.00582. The third-order valence-electron chi connectivity index (χ3n) is 6.33. The highest BCUT2D eigenvalue weighted by atomic mass is 35.5. The fraction of sp³-hybridized carbons (Fsp3) is 0.250. The summed E-state index contributed by atoms with van der Waals surface area (Å²) in [6, 6.07) is 31.1.